The van der Waals surface area contributed by atoms with E-state index >= 15 is 0 Å². The maximum atomic E-state index is 14.2. The summed E-state index contributed by atoms with van der Waals surface area (Å²) in [5.74, 6) is -2.61. The average Bonchev–Trinajstić information content (AvgIpc) is 3.63. The Kier molecular flexibility index (Phi) is 8.87. The number of aryl methyl sites for hydroxylation is 2. The van der Waals surface area contributed by atoms with E-state index in [2.05, 4.69) is 15.0 Å². The third-order valence-corrected chi connectivity index (χ3v) is 8.07. The summed E-state index contributed by atoms with van der Waals surface area (Å²) in [6, 6.07) is 5.99. The molecule has 1 saturated heterocycles. The molecule has 1 aliphatic heterocycles. The Bertz CT molecular complexity index is 1780. The Balaban J connectivity index is 1.41. The van der Waals surface area contributed by atoms with E-state index in [4.69, 9.17) is 18.6 Å². The molecule has 2 aromatic heterocycles. The second-order valence-corrected chi connectivity index (χ2v) is 12.3. The van der Waals surface area contributed by atoms with Crippen LogP contribution in [0.4, 0.5) is 8.78 Å². The van der Waals surface area contributed by atoms with Crippen molar-refractivity contribution in [3.63, 3.8) is 0 Å². The number of fused-ring (bicyclic) bond motifs is 1. The van der Waals surface area contributed by atoms with Gasteiger partial charge in [-0.1, -0.05) is 27.7 Å². The molecule has 2 aromatic carbocycles. The van der Waals surface area contributed by atoms with Gasteiger partial charge in [-0.25, -0.2) is 18.6 Å². The molecule has 0 bridgehead atoms. The molecule has 3 heterocycles. The molecule has 1 fully saturated rings. The number of ether oxygens (including phenoxy) is 3. The van der Waals surface area contributed by atoms with E-state index in [0.717, 1.165) is 18.2 Å². The molecule has 5 rings (SSSR count). The van der Waals surface area contributed by atoms with Gasteiger partial charge < -0.3 is 28.6 Å². The lowest BCUT2D eigenvalue weighted by molar-refractivity contribution is -0.165. The van der Waals surface area contributed by atoms with Crippen LogP contribution in [0.25, 0.3) is 22.7 Å². The number of aliphatic carboxylic acids is 1. The molecule has 11 nitrogen and oxygen atoms in total. The molecule has 0 spiro atoms. The molecule has 0 saturated carbocycles. The molecule has 0 unspecified atom stereocenters. The van der Waals surface area contributed by atoms with E-state index in [9.17, 15) is 23.5 Å². The summed E-state index contributed by atoms with van der Waals surface area (Å²) >= 11 is 0. The number of hydrogen-bond donors (Lipinski definition) is 1. The van der Waals surface area contributed by atoms with E-state index in [-0.39, 0.29) is 35.6 Å². The summed E-state index contributed by atoms with van der Waals surface area (Å²) in [5.41, 5.74) is 0.180. The molecular weight excluding hydrogens is 602 g/mol. The minimum absolute atomic E-state index is 0.00974. The summed E-state index contributed by atoms with van der Waals surface area (Å²) < 4.78 is 51.0. The Morgan fingerprint density at radius 1 is 1.07 bits per heavy atom. The number of nitrogens with zero attached hydrogens (tertiary/aromatic N) is 4. The van der Waals surface area contributed by atoms with Crippen LogP contribution in [0.15, 0.2) is 34.7 Å². The Morgan fingerprint density at radius 2 is 1.78 bits per heavy atom. The van der Waals surface area contributed by atoms with Crippen LogP contribution in [-0.2, 0) is 9.59 Å². The van der Waals surface area contributed by atoms with Crippen molar-refractivity contribution < 1.29 is 42.1 Å². The van der Waals surface area contributed by atoms with Crippen LogP contribution in [0.1, 0.15) is 58.1 Å². The van der Waals surface area contributed by atoms with Gasteiger partial charge in [0.15, 0.2) is 23.7 Å². The van der Waals surface area contributed by atoms with E-state index in [1.165, 1.54) is 4.90 Å². The molecule has 13 heteroatoms. The highest BCUT2D eigenvalue weighted by atomic mass is 19.1. The van der Waals surface area contributed by atoms with Crippen molar-refractivity contribution in [2.45, 2.75) is 66.3 Å². The second-order valence-electron chi connectivity index (χ2n) is 12.3. The number of benzene rings is 2. The Labute approximate surface area is 264 Å². The molecule has 1 N–H and O–H groups in total. The fraction of sp³-hybridized carbons (Fsp3) is 0.424. The van der Waals surface area contributed by atoms with Crippen molar-refractivity contribution in [3.05, 3.63) is 53.1 Å². The summed E-state index contributed by atoms with van der Waals surface area (Å²) in [5, 5.41) is 10.1. The van der Waals surface area contributed by atoms with Crippen LogP contribution >= 0.6 is 0 Å². The molecule has 1 atom stereocenters. The molecule has 0 radical (unpaired) electrons. The van der Waals surface area contributed by atoms with Gasteiger partial charge in [0.1, 0.15) is 17.1 Å². The van der Waals surface area contributed by atoms with Gasteiger partial charge in [0.05, 0.1) is 6.61 Å². The smallest absolute Gasteiger partial charge is 0.330 e. The molecule has 4 aromatic rings. The third-order valence-electron chi connectivity index (χ3n) is 8.07. The number of halogens is 2. The Hall–Kier alpha value is -4.81. The van der Waals surface area contributed by atoms with Crippen molar-refractivity contribution >= 4 is 23.1 Å². The molecule has 244 valence electrons. The number of aromatic nitrogens is 3. The molecule has 1 amide bonds. The number of carbonyl (C=O) groups excluding carboxylic acids is 1. The minimum atomic E-state index is -1.31. The molecule has 0 aliphatic carbocycles. The number of carbonyl (C=O) groups is 2. The van der Waals surface area contributed by atoms with E-state index < -0.39 is 40.2 Å². The van der Waals surface area contributed by atoms with Crippen LogP contribution in [0.3, 0.4) is 0 Å². The van der Waals surface area contributed by atoms with Gasteiger partial charge in [0.25, 0.3) is 17.5 Å². The predicted molar refractivity (Wildman–Crippen MR) is 163 cm³/mol. The predicted octanol–water partition coefficient (Wildman–Crippen LogP) is 6.63. The van der Waals surface area contributed by atoms with Crippen molar-refractivity contribution in [1.29, 1.82) is 0 Å². The lowest BCUT2D eigenvalue weighted by Crippen LogP contribution is -2.61. The highest BCUT2D eigenvalue weighted by Gasteiger charge is 2.57. The van der Waals surface area contributed by atoms with Crippen molar-refractivity contribution in [2.75, 3.05) is 19.8 Å². The van der Waals surface area contributed by atoms with E-state index in [1.54, 1.807) is 26.0 Å². The average molecular weight is 639 g/mol. The van der Waals surface area contributed by atoms with Gasteiger partial charge in [-0.05, 0) is 73.9 Å². The zero-order valence-corrected chi connectivity index (χ0v) is 26.6. The monoisotopic (exact) mass is 638 g/mol. The maximum absolute atomic E-state index is 14.2. The summed E-state index contributed by atoms with van der Waals surface area (Å²) in [7, 11) is 0. The van der Waals surface area contributed by atoms with Gasteiger partial charge in [-0.2, -0.15) is 9.97 Å². The van der Waals surface area contributed by atoms with Crippen LogP contribution in [0, 0.1) is 30.9 Å². The van der Waals surface area contributed by atoms with Crippen LogP contribution in [0.2, 0.25) is 0 Å². The molecule has 1 aliphatic rings. The van der Waals surface area contributed by atoms with Crippen molar-refractivity contribution in [1.82, 2.24) is 19.9 Å². The normalized spacial score (nSPS) is 16.6. The highest BCUT2D eigenvalue weighted by Crippen LogP contribution is 2.44. The molecular formula is C33H36F2N4O7. The number of hydrogen-bond acceptors (Lipinski definition) is 9. The van der Waals surface area contributed by atoms with Gasteiger partial charge in [-0.3, -0.25) is 4.79 Å². The second kappa shape index (κ2) is 12.5. The fourth-order valence-electron chi connectivity index (χ4n) is 5.89. The SMILES string of the molecule is CCCOc1nc(Oc2cc(F)ccc2F)nc2oc(-c3cc(C)c(OCC(=O)N4CCC[C@@]4(C(=O)O)C(C)(C)C)c(C)c3)nc12. The van der Waals surface area contributed by atoms with E-state index in [0.29, 0.717) is 54.9 Å². The van der Waals surface area contributed by atoms with Crippen LogP contribution in [0.5, 0.6) is 23.4 Å². The third kappa shape index (κ3) is 6.05. The van der Waals surface area contributed by atoms with Crippen LogP contribution in [-0.4, -0.2) is 62.1 Å². The quantitative estimate of drug-likeness (QED) is 0.201. The fourth-order valence-corrected chi connectivity index (χ4v) is 5.89. The first kappa shape index (κ1) is 32.6. The Morgan fingerprint density at radius 3 is 2.43 bits per heavy atom. The summed E-state index contributed by atoms with van der Waals surface area (Å²) in [4.78, 5) is 40.1. The zero-order valence-electron chi connectivity index (χ0n) is 26.6. The first-order chi connectivity index (χ1) is 21.7. The zero-order chi connectivity index (χ0) is 33.4. The summed E-state index contributed by atoms with van der Waals surface area (Å²) in [6.45, 7) is 11.3. The molecule has 46 heavy (non-hydrogen) atoms. The van der Waals surface area contributed by atoms with Gasteiger partial charge in [0.2, 0.25) is 5.89 Å². The van der Waals surface area contributed by atoms with Crippen molar-refractivity contribution in [3.8, 4) is 34.8 Å². The number of likely N-dealkylation sites (tertiary alicyclic amines) is 1. The first-order valence-electron chi connectivity index (χ1n) is 15.0. The van der Waals surface area contributed by atoms with E-state index in [1.807, 2.05) is 27.7 Å². The lowest BCUT2D eigenvalue weighted by atomic mass is 9.71. The summed E-state index contributed by atoms with van der Waals surface area (Å²) in [6.07, 6.45) is 1.63. The number of carboxylic acid groups (broad SMARTS) is 1. The lowest BCUT2D eigenvalue weighted by Gasteiger charge is -2.44. The maximum Gasteiger partial charge on any atom is 0.330 e. The first-order valence-corrected chi connectivity index (χ1v) is 15.0. The minimum Gasteiger partial charge on any atom is -0.483 e. The van der Waals surface area contributed by atoms with Gasteiger partial charge >= 0.3 is 12.0 Å². The number of rotatable bonds is 10. The number of amides is 1. The number of oxazole rings is 1. The topological polar surface area (TPSA) is 137 Å². The highest BCUT2D eigenvalue weighted by molar-refractivity contribution is 5.89. The number of carboxylic acids is 1. The van der Waals surface area contributed by atoms with Crippen LogP contribution < -0.4 is 14.2 Å². The largest absolute Gasteiger partial charge is 0.483 e. The van der Waals surface area contributed by atoms with Gasteiger partial charge in [0, 0.05) is 18.2 Å². The van der Waals surface area contributed by atoms with Gasteiger partial charge in [-0.15, -0.1) is 0 Å². The standard InChI is InChI=1S/C33H36F2N4O7/c1-7-13-43-28-25-29(38-31(37-28)45-23-16-21(34)9-10-22(23)35)46-27(36-25)20-14-18(2)26(19(3)15-20)44-17-24(40)39-12-8-11-33(39,30(41)42)32(4,5)6/h9-10,14-16H,7-8,11-13,17H2,1-6H3,(H,41,42)/t33-/m1/s1. The van der Waals surface area contributed by atoms with Crippen molar-refractivity contribution in [2.24, 2.45) is 5.41 Å².